The number of ether oxygens (including phenoxy) is 1. The Labute approximate surface area is 174 Å². The average Bonchev–Trinajstić information content (AvgIpc) is 2.98. The lowest BCUT2D eigenvalue weighted by Crippen LogP contribution is -2.44. The van der Waals surface area contributed by atoms with E-state index in [0.717, 1.165) is 10.5 Å². The zero-order chi connectivity index (χ0) is 21.0. The first kappa shape index (κ1) is 20.7. The Kier molecular flexibility index (Phi) is 6.08. The maximum Gasteiger partial charge on any atom is 0.325 e. The lowest BCUT2D eigenvalue weighted by molar-refractivity contribution is -0.135. The average molecular weight is 416 g/mol. The maximum absolute atomic E-state index is 13.1. The molecule has 1 saturated heterocycles. The molecule has 3 rings (SSSR count). The number of benzene rings is 2. The van der Waals surface area contributed by atoms with Gasteiger partial charge in [0.05, 0.1) is 7.11 Å². The second kappa shape index (κ2) is 8.53. The maximum atomic E-state index is 13.1. The molecular formula is C21H22ClN3O4. The van der Waals surface area contributed by atoms with E-state index in [-0.39, 0.29) is 13.1 Å². The molecule has 1 aliphatic rings. The first-order valence-corrected chi connectivity index (χ1v) is 9.58. The fourth-order valence-corrected chi connectivity index (χ4v) is 3.52. The third-order valence-corrected chi connectivity index (χ3v) is 5.39. The zero-order valence-electron chi connectivity index (χ0n) is 16.2. The molecule has 0 aliphatic carbocycles. The third-order valence-electron chi connectivity index (χ3n) is 5.02. The van der Waals surface area contributed by atoms with Crippen molar-refractivity contribution in [2.24, 2.45) is 0 Å². The molecule has 1 aliphatic heterocycles. The van der Waals surface area contributed by atoms with E-state index in [0.29, 0.717) is 22.8 Å². The lowest BCUT2D eigenvalue weighted by atomic mass is 9.87. The molecule has 1 heterocycles. The topological polar surface area (TPSA) is 87.7 Å². The molecule has 29 heavy (non-hydrogen) atoms. The number of nitrogens with one attached hydrogen (secondary N) is 2. The first-order valence-electron chi connectivity index (χ1n) is 9.20. The summed E-state index contributed by atoms with van der Waals surface area (Å²) in [5, 5.41) is 5.98. The Bertz CT molecular complexity index is 932. The highest BCUT2D eigenvalue weighted by molar-refractivity contribution is 6.31. The summed E-state index contributed by atoms with van der Waals surface area (Å²) in [6, 6.07) is 13.5. The number of halogens is 1. The number of hydrogen-bond donors (Lipinski definition) is 2. The largest absolute Gasteiger partial charge is 0.497 e. The Hall–Kier alpha value is -3.06. The molecule has 0 saturated carbocycles. The van der Waals surface area contributed by atoms with Crippen LogP contribution < -0.4 is 15.4 Å². The van der Waals surface area contributed by atoms with Crippen molar-refractivity contribution in [1.29, 1.82) is 0 Å². The van der Waals surface area contributed by atoms with E-state index in [1.54, 1.807) is 49.6 Å². The number of carbonyl (C=O) groups excluding carboxylic acids is 3. The summed E-state index contributed by atoms with van der Waals surface area (Å²) in [7, 11) is 1.55. The van der Waals surface area contributed by atoms with Crippen molar-refractivity contribution >= 4 is 29.4 Å². The fourth-order valence-electron chi connectivity index (χ4n) is 3.32. The zero-order valence-corrected chi connectivity index (χ0v) is 17.0. The number of methoxy groups -OCH3 is 1. The number of urea groups is 1. The van der Waals surface area contributed by atoms with Gasteiger partial charge in [-0.05, 0) is 35.7 Å². The van der Waals surface area contributed by atoms with E-state index in [1.807, 2.05) is 13.0 Å². The quantitative estimate of drug-likeness (QED) is 0.681. The highest BCUT2D eigenvalue weighted by atomic mass is 35.5. The molecular weight excluding hydrogens is 394 g/mol. The van der Waals surface area contributed by atoms with Gasteiger partial charge in [-0.2, -0.15) is 0 Å². The monoisotopic (exact) mass is 415 g/mol. The molecule has 7 nitrogen and oxygen atoms in total. The van der Waals surface area contributed by atoms with E-state index >= 15 is 0 Å². The lowest BCUT2D eigenvalue weighted by Gasteiger charge is -2.26. The van der Waals surface area contributed by atoms with Gasteiger partial charge in [-0.3, -0.25) is 14.5 Å². The van der Waals surface area contributed by atoms with Gasteiger partial charge in [0, 0.05) is 11.6 Å². The minimum absolute atomic E-state index is 0.208. The van der Waals surface area contributed by atoms with Crippen LogP contribution in [0.3, 0.4) is 0 Å². The molecule has 0 radical (unpaired) electrons. The molecule has 0 unspecified atom stereocenters. The van der Waals surface area contributed by atoms with Crippen LogP contribution in [0.1, 0.15) is 24.5 Å². The van der Waals surface area contributed by atoms with E-state index in [1.165, 1.54) is 0 Å². The Morgan fingerprint density at radius 2 is 1.86 bits per heavy atom. The third kappa shape index (κ3) is 4.05. The fraction of sp³-hybridized carbons (Fsp3) is 0.286. The number of imide groups is 1. The number of rotatable bonds is 7. The molecule has 2 N–H and O–H groups in total. The van der Waals surface area contributed by atoms with Crippen molar-refractivity contribution in [1.82, 2.24) is 15.5 Å². The molecule has 4 amide bonds. The second-order valence-electron chi connectivity index (χ2n) is 6.68. The summed E-state index contributed by atoms with van der Waals surface area (Å²) < 4.78 is 5.15. The highest BCUT2D eigenvalue weighted by Crippen LogP contribution is 2.33. The van der Waals surface area contributed by atoms with Crippen LogP contribution in [0.5, 0.6) is 5.75 Å². The summed E-state index contributed by atoms with van der Waals surface area (Å²) in [5.74, 6) is -0.259. The minimum atomic E-state index is -1.20. The van der Waals surface area contributed by atoms with E-state index in [4.69, 9.17) is 16.3 Å². The van der Waals surface area contributed by atoms with Gasteiger partial charge in [-0.1, -0.05) is 48.9 Å². The SMILES string of the molecule is CC[C@@]1(c2ccc(OC)cc2)NC(=O)N(CC(=O)NCc2ccccc2Cl)C1=O. The van der Waals surface area contributed by atoms with E-state index in [9.17, 15) is 14.4 Å². The van der Waals surface area contributed by atoms with Gasteiger partial charge in [0.2, 0.25) is 5.91 Å². The first-order chi connectivity index (χ1) is 13.9. The Balaban J connectivity index is 1.71. The Morgan fingerprint density at radius 3 is 2.48 bits per heavy atom. The van der Waals surface area contributed by atoms with Gasteiger partial charge in [0.15, 0.2) is 0 Å². The predicted octanol–water partition coefficient (Wildman–Crippen LogP) is 2.82. The Morgan fingerprint density at radius 1 is 1.17 bits per heavy atom. The van der Waals surface area contributed by atoms with Crippen LogP contribution in [-0.2, 0) is 21.7 Å². The van der Waals surface area contributed by atoms with Gasteiger partial charge in [-0.25, -0.2) is 4.79 Å². The van der Waals surface area contributed by atoms with Crippen molar-refractivity contribution in [2.45, 2.75) is 25.4 Å². The van der Waals surface area contributed by atoms with Crippen LogP contribution >= 0.6 is 11.6 Å². The summed E-state index contributed by atoms with van der Waals surface area (Å²) >= 11 is 6.08. The number of carbonyl (C=O) groups is 3. The number of amides is 4. The standard InChI is InChI=1S/C21H22ClN3O4/c1-3-21(15-8-10-16(29-2)11-9-15)19(27)25(20(28)24-21)13-18(26)23-12-14-6-4-5-7-17(14)22/h4-11H,3,12-13H2,1-2H3,(H,23,26)(H,24,28)/t21-/m0/s1. The van der Waals surface area contributed by atoms with Crippen LogP contribution in [0.4, 0.5) is 4.79 Å². The van der Waals surface area contributed by atoms with Crippen LogP contribution in [0.15, 0.2) is 48.5 Å². The summed E-state index contributed by atoms with van der Waals surface area (Å²) in [6.07, 6.45) is 0.349. The molecule has 2 aromatic carbocycles. The summed E-state index contributed by atoms with van der Waals surface area (Å²) in [4.78, 5) is 38.9. The van der Waals surface area contributed by atoms with Gasteiger partial charge in [-0.15, -0.1) is 0 Å². The van der Waals surface area contributed by atoms with E-state index in [2.05, 4.69) is 10.6 Å². The van der Waals surface area contributed by atoms with Gasteiger partial charge < -0.3 is 15.4 Å². The van der Waals surface area contributed by atoms with Crippen molar-refractivity contribution < 1.29 is 19.1 Å². The van der Waals surface area contributed by atoms with Crippen molar-refractivity contribution in [3.63, 3.8) is 0 Å². The van der Waals surface area contributed by atoms with Gasteiger partial charge in [0.1, 0.15) is 17.8 Å². The summed E-state index contributed by atoms with van der Waals surface area (Å²) in [5.41, 5.74) is 0.186. The molecule has 152 valence electrons. The number of nitrogens with zero attached hydrogens (tertiary/aromatic N) is 1. The second-order valence-corrected chi connectivity index (χ2v) is 7.08. The number of hydrogen-bond acceptors (Lipinski definition) is 4. The normalized spacial score (nSPS) is 18.5. The molecule has 0 bridgehead atoms. The van der Waals surface area contributed by atoms with Crippen molar-refractivity contribution in [3.05, 3.63) is 64.7 Å². The molecule has 2 aromatic rings. The van der Waals surface area contributed by atoms with Crippen LogP contribution in [0, 0.1) is 0 Å². The van der Waals surface area contributed by atoms with Crippen LogP contribution in [0.2, 0.25) is 5.02 Å². The highest BCUT2D eigenvalue weighted by Gasteiger charge is 2.51. The van der Waals surface area contributed by atoms with Gasteiger partial charge in [0.25, 0.3) is 5.91 Å². The van der Waals surface area contributed by atoms with Crippen LogP contribution in [-0.4, -0.2) is 36.4 Å². The summed E-state index contributed by atoms with van der Waals surface area (Å²) in [6.45, 7) is 1.65. The smallest absolute Gasteiger partial charge is 0.325 e. The van der Waals surface area contributed by atoms with Gasteiger partial charge >= 0.3 is 6.03 Å². The molecule has 8 heteroatoms. The van der Waals surface area contributed by atoms with Crippen LogP contribution in [0.25, 0.3) is 0 Å². The molecule has 1 atom stereocenters. The van der Waals surface area contributed by atoms with Crippen molar-refractivity contribution in [2.75, 3.05) is 13.7 Å². The minimum Gasteiger partial charge on any atom is -0.497 e. The van der Waals surface area contributed by atoms with E-state index < -0.39 is 23.4 Å². The molecule has 0 spiro atoms. The molecule has 1 fully saturated rings. The molecule has 0 aromatic heterocycles. The van der Waals surface area contributed by atoms with Crippen molar-refractivity contribution in [3.8, 4) is 5.75 Å². The predicted molar refractivity (Wildman–Crippen MR) is 109 cm³/mol.